The van der Waals surface area contributed by atoms with Gasteiger partial charge in [-0.25, -0.2) is 4.39 Å². The molecule has 4 atom stereocenters. The Labute approximate surface area is 121 Å². The Morgan fingerprint density at radius 3 is 2.81 bits per heavy atom. The third kappa shape index (κ3) is 3.21. The Bertz CT molecular complexity index is 528. The second-order valence-electron chi connectivity index (χ2n) is 5.38. The van der Waals surface area contributed by atoms with Gasteiger partial charge in [0.25, 0.3) is 0 Å². The molecule has 0 bridgehead atoms. The maximum Gasteiger partial charge on any atom is 0.241 e. The molecule has 7 heteroatoms. The number of hydrogen-bond donors (Lipinski definition) is 3. The van der Waals surface area contributed by atoms with Crippen molar-refractivity contribution in [3.63, 3.8) is 0 Å². The van der Waals surface area contributed by atoms with Crippen LogP contribution in [0.3, 0.4) is 0 Å². The van der Waals surface area contributed by atoms with Crippen molar-refractivity contribution in [1.29, 1.82) is 0 Å². The van der Waals surface area contributed by atoms with Crippen LogP contribution in [0, 0.1) is 5.82 Å². The summed E-state index contributed by atoms with van der Waals surface area (Å²) in [5, 5.41) is 2.77. The molecule has 6 nitrogen and oxygen atoms in total. The molecule has 2 heterocycles. The monoisotopic (exact) mass is 295 g/mol. The molecular formula is C14H18FN3O3. The van der Waals surface area contributed by atoms with Crippen LogP contribution in [0.15, 0.2) is 24.3 Å². The molecule has 21 heavy (non-hydrogen) atoms. The van der Waals surface area contributed by atoms with Crippen LogP contribution in [0.25, 0.3) is 0 Å². The molecule has 0 radical (unpaired) electrons. The van der Waals surface area contributed by atoms with Gasteiger partial charge in [0, 0.05) is 18.4 Å². The Morgan fingerprint density at radius 1 is 1.29 bits per heavy atom. The van der Waals surface area contributed by atoms with Crippen molar-refractivity contribution in [3.05, 3.63) is 35.6 Å². The Morgan fingerprint density at radius 2 is 2.10 bits per heavy atom. The molecule has 2 aliphatic heterocycles. The second kappa shape index (κ2) is 6.07. The third-order valence-electron chi connectivity index (χ3n) is 3.68. The lowest BCUT2D eigenvalue weighted by molar-refractivity contribution is -0.128. The van der Waals surface area contributed by atoms with Crippen molar-refractivity contribution < 1.29 is 18.9 Å². The number of rotatable bonds is 3. The Balaban J connectivity index is 1.55. The molecule has 3 N–H and O–H groups in total. The molecule has 3 rings (SSSR count). The Hall–Kier alpha value is -1.54. The molecule has 0 aromatic heterocycles. The molecule has 0 saturated carbocycles. The quantitative estimate of drug-likeness (QED) is 0.773. The number of halogens is 1. The van der Waals surface area contributed by atoms with E-state index < -0.39 is 6.23 Å². The summed E-state index contributed by atoms with van der Waals surface area (Å²) in [6, 6.07) is 5.87. The van der Waals surface area contributed by atoms with Gasteiger partial charge in [0.05, 0.1) is 12.1 Å². The molecule has 2 saturated heterocycles. The van der Waals surface area contributed by atoms with Gasteiger partial charge < -0.3 is 5.32 Å². The first-order valence-corrected chi connectivity index (χ1v) is 7.00. The highest BCUT2D eigenvalue weighted by molar-refractivity contribution is 5.82. The summed E-state index contributed by atoms with van der Waals surface area (Å²) < 4.78 is 13.7. The van der Waals surface area contributed by atoms with E-state index in [0.717, 1.165) is 0 Å². The third-order valence-corrected chi connectivity index (χ3v) is 3.68. The molecule has 0 spiro atoms. The lowest BCUT2D eigenvalue weighted by Crippen LogP contribution is -2.45. The van der Waals surface area contributed by atoms with Gasteiger partial charge in [0.2, 0.25) is 5.91 Å². The zero-order chi connectivity index (χ0) is 14.8. The zero-order valence-corrected chi connectivity index (χ0v) is 11.6. The van der Waals surface area contributed by atoms with Crippen LogP contribution >= 0.6 is 0 Å². The fourth-order valence-electron chi connectivity index (χ4n) is 2.56. The molecule has 4 unspecified atom stereocenters. The number of amides is 1. The zero-order valence-electron chi connectivity index (χ0n) is 11.6. The molecule has 2 aliphatic rings. The van der Waals surface area contributed by atoms with Gasteiger partial charge in [-0.1, -0.05) is 18.2 Å². The first-order chi connectivity index (χ1) is 10.1. The van der Waals surface area contributed by atoms with Gasteiger partial charge in [-0.2, -0.15) is 11.0 Å². The van der Waals surface area contributed by atoms with Gasteiger partial charge in [-0.3, -0.25) is 14.5 Å². The lowest BCUT2D eigenvalue weighted by Gasteiger charge is -2.14. The smallest absolute Gasteiger partial charge is 0.241 e. The van der Waals surface area contributed by atoms with Crippen LogP contribution in [0.5, 0.6) is 0 Å². The van der Waals surface area contributed by atoms with Gasteiger partial charge in [0.1, 0.15) is 11.9 Å². The van der Waals surface area contributed by atoms with Gasteiger partial charge in [-0.15, -0.1) is 0 Å². The minimum absolute atomic E-state index is 0.00883. The highest BCUT2D eigenvalue weighted by Gasteiger charge is 2.33. The van der Waals surface area contributed by atoms with E-state index in [1.54, 1.807) is 18.2 Å². The second-order valence-corrected chi connectivity index (χ2v) is 5.38. The fourth-order valence-corrected chi connectivity index (χ4v) is 2.56. The van der Waals surface area contributed by atoms with Crippen LogP contribution in [0.2, 0.25) is 0 Å². The highest BCUT2D eigenvalue weighted by Crippen LogP contribution is 2.26. The normalized spacial score (nSPS) is 32.3. The largest absolute Gasteiger partial charge is 0.328 e. The van der Waals surface area contributed by atoms with Crippen LogP contribution < -0.4 is 16.3 Å². The summed E-state index contributed by atoms with van der Waals surface area (Å²) in [5.41, 5.74) is 5.98. The first kappa shape index (κ1) is 14.4. The molecule has 1 aromatic rings. The predicted octanol–water partition coefficient (Wildman–Crippen LogP) is 0.916. The summed E-state index contributed by atoms with van der Waals surface area (Å²) in [7, 11) is 0. The maximum absolute atomic E-state index is 13.7. The standard InChI is InChI=1S/C14H18FN3O3/c1-8-6-12(18-20-8)14(19)16-13-7-11(17-21-13)9-4-2-3-5-10(9)15/h2-5,8,11-13,17-18H,6-7H2,1H3,(H,16,19). The summed E-state index contributed by atoms with van der Waals surface area (Å²) in [4.78, 5) is 22.5. The van der Waals surface area contributed by atoms with E-state index in [-0.39, 0.29) is 29.9 Å². The fraction of sp³-hybridized carbons (Fsp3) is 0.500. The van der Waals surface area contributed by atoms with E-state index in [9.17, 15) is 9.18 Å². The minimum atomic E-state index is -0.486. The average molecular weight is 295 g/mol. The lowest BCUT2D eigenvalue weighted by atomic mass is 10.0. The van der Waals surface area contributed by atoms with E-state index in [2.05, 4.69) is 16.3 Å². The van der Waals surface area contributed by atoms with Crippen molar-refractivity contribution in [2.45, 2.75) is 44.2 Å². The van der Waals surface area contributed by atoms with Gasteiger partial charge in [-0.05, 0) is 13.0 Å². The number of nitrogens with one attached hydrogen (secondary N) is 3. The van der Waals surface area contributed by atoms with Crippen LogP contribution in [-0.4, -0.2) is 24.3 Å². The number of hydroxylamine groups is 2. The SMILES string of the molecule is CC1CC(C(=O)NC2CC(c3ccccc3F)NO2)NO1. The summed E-state index contributed by atoms with van der Waals surface area (Å²) in [5.74, 6) is -0.467. The Kier molecular flexibility index (Phi) is 4.16. The van der Waals surface area contributed by atoms with Crippen LogP contribution in [0.4, 0.5) is 4.39 Å². The molecule has 1 amide bonds. The highest BCUT2D eigenvalue weighted by atomic mass is 19.1. The number of carbonyl (C=O) groups excluding carboxylic acids is 1. The molecule has 1 aromatic carbocycles. The van der Waals surface area contributed by atoms with Crippen molar-refractivity contribution in [2.24, 2.45) is 0 Å². The van der Waals surface area contributed by atoms with E-state index in [1.807, 2.05) is 6.92 Å². The predicted molar refractivity (Wildman–Crippen MR) is 72.0 cm³/mol. The molecule has 114 valence electrons. The number of hydrogen-bond acceptors (Lipinski definition) is 5. The number of carbonyl (C=O) groups is 1. The van der Waals surface area contributed by atoms with E-state index in [0.29, 0.717) is 18.4 Å². The van der Waals surface area contributed by atoms with E-state index in [1.165, 1.54) is 6.07 Å². The summed E-state index contributed by atoms with van der Waals surface area (Å²) >= 11 is 0. The maximum atomic E-state index is 13.7. The minimum Gasteiger partial charge on any atom is -0.328 e. The molecule has 0 aliphatic carbocycles. The van der Waals surface area contributed by atoms with E-state index in [4.69, 9.17) is 9.68 Å². The van der Waals surface area contributed by atoms with Crippen LogP contribution in [0.1, 0.15) is 31.4 Å². The molecule has 2 fully saturated rings. The average Bonchev–Trinajstić information content (AvgIpc) is 3.08. The number of benzene rings is 1. The summed E-state index contributed by atoms with van der Waals surface area (Å²) in [6.07, 6.45) is 0.604. The van der Waals surface area contributed by atoms with E-state index >= 15 is 0 Å². The molecular weight excluding hydrogens is 277 g/mol. The summed E-state index contributed by atoms with van der Waals surface area (Å²) in [6.45, 7) is 1.89. The van der Waals surface area contributed by atoms with Crippen molar-refractivity contribution >= 4 is 5.91 Å². The van der Waals surface area contributed by atoms with Crippen LogP contribution in [-0.2, 0) is 14.5 Å². The topological polar surface area (TPSA) is 71.6 Å². The van der Waals surface area contributed by atoms with Gasteiger partial charge in [0.15, 0.2) is 6.23 Å². The van der Waals surface area contributed by atoms with Crippen molar-refractivity contribution in [3.8, 4) is 0 Å². The van der Waals surface area contributed by atoms with Crippen molar-refractivity contribution in [2.75, 3.05) is 0 Å². The van der Waals surface area contributed by atoms with Crippen molar-refractivity contribution in [1.82, 2.24) is 16.3 Å². The van der Waals surface area contributed by atoms with Gasteiger partial charge >= 0.3 is 0 Å². The first-order valence-electron chi connectivity index (χ1n) is 7.00.